The highest BCUT2D eigenvalue weighted by Crippen LogP contribution is 2.46. The summed E-state index contributed by atoms with van der Waals surface area (Å²) in [4.78, 5) is 0. The Bertz CT molecular complexity index is 632. The lowest BCUT2D eigenvalue weighted by Crippen LogP contribution is -2.27. The van der Waals surface area contributed by atoms with Gasteiger partial charge in [-0.05, 0) is 64.8 Å². The van der Waals surface area contributed by atoms with Crippen molar-refractivity contribution < 1.29 is 4.74 Å². The molecule has 1 heteroatoms. The number of aryl methyl sites for hydroxylation is 1. The molecular weight excluding hydrogens is 268 g/mol. The predicted octanol–water partition coefficient (Wildman–Crippen LogP) is 5.75. The van der Waals surface area contributed by atoms with Gasteiger partial charge in [-0.1, -0.05) is 52.0 Å². The molecule has 0 aliphatic heterocycles. The van der Waals surface area contributed by atoms with Crippen molar-refractivity contribution in [1.29, 1.82) is 0 Å². The molecule has 0 spiro atoms. The zero-order valence-corrected chi connectivity index (χ0v) is 14.6. The van der Waals surface area contributed by atoms with Crippen LogP contribution >= 0.6 is 0 Å². The first kappa shape index (κ1) is 15.4. The molecule has 0 aromatic heterocycles. The second-order valence-corrected chi connectivity index (χ2v) is 7.78. The highest BCUT2D eigenvalue weighted by Gasteiger charge is 2.34. The Balaban J connectivity index is 2.09. The molecule has 0 fully saturated rings. The normalized spacial score (nSPS) is 22.6. The van der Waals surface area contributed by atoms with Crippen molar-refractivity contribution in [3.8, 4) is 5.75 Å². The minimum absolute atomic E-state index is 0.369. The molecule has 3 rings (SSSR count). The number of fused-ring (bicyclic) bond motifs is 2. The van der Waals surface area contributed by atoms with E-state index in [1.54, 1.807) is 7.11 Å². The van der Waals surface area contributed by atoms with Gasteiger partial charge in [0.2, 0.25) is 0 Å². The molecule has 1 nitrogen and oxygen atoms in total. The molecule has 0 amide bonds. The Labute approximate surface area is 135 Å². The van der Waals surface area contributed by atoms with Crippen LogP contribution in [0.3, 0.4) is 0 Å². The Kier molecular flexibility index (Phi) is 3.92. The number of hydrogen-bond donors (Lipinski definition) is 0. The molecule has 2 aliphatic carbocycles. The van der Waals surface area contributed by atoms with Gasteiger partial charge in [0.1, 0.15) is 5.75 Å². The first-order chi connectivity index (χ1) is 10.4. The summed E-state index contributed by atoms with van der Waals surface area (Å²) in [6.45, 7) is 9.30. The van der Waals surface area contributed by atoms with Gasteiger partial charge in [-0.3, -0.25) is 0 Å². The third-order valence-electron chi connectivity index (χ3n) is 5.44. The van der Waals surface area contributed by atoms with Crippen molar-refractivity contribution in [2.75, 3.05) is 7.11 Å². The van der Waals surface area contributed by atoms with Crippen LogP contribution in [0.15, 0.2) is 29.9 Å². The van der Waals surface area contributed by atoms with Gasteiger partial charge >= 0.3 is 0 Å². The van der Waals surface area contributed by atoms with Crippen LogP contribution in [0.1, 0.15) is 63.1 Å². The summed E-state index contributed by atoms with van der Waals surface area (Å²) in [5, 5.41) is 0. The smallest absolute Gasteiger partial charge is 0.122 e. The molecule has 0 saturated carbocycles. The third kappa shape index (κ3) is 2.62. The van der Waals surface area contributed by atoms with E-state index in [1.165, 1.54) is 41.5 Å². The van der Waals surface area contributed by atoms with Crippen molar-refractivity contribution in [1.82, 2.24) is 0 Å². The van der Waals surface area contributed by atoms with Gasteiger partial charge in [0.15, 0.2) is 0 Å². The van der Waals surface area contributed by atoms with E-state index in [1.807, 2.05) is 0 Å². The summed E-state index contributed by atoms with van der Waals surface area (Å²) < 4.78 is 5.64. The van der Waals surface area contributed by atoms with Crippen LogP contribution in [-0.2, 0) is 6.42 Å². The number of rotatable bonds is 2. The fraction of sp³-hybridized carbons (Fsp3) is 0.524. The Morgan fingerprint density at radius 2 is 2.00 bits per heavy atom. The molecule has 0 bridgehead atoms. The van der Waals surface area contributed by atoms with Crippen molar-refractivity contribution in [2.45, 2.75) is 52.9 Å². The fourth-order valence-corrected chi connectivity index (χ4v) is 4.03. The summed E-state index contributed by atoms with van der Waals surface area (Å²) in [7, 11) is 1.78. The van der Waals surface area contributed by atoms with Crippen molar-refractivity contribution in [3.63, 3.8) is 0 Å². The quantitative estimate of drug-likeness (QED) is 0.675. The molecule has 0 radical (unpaired) electrons. The van der Waals surface area contributed by atoms with Crippen molar-refractivity contribution in [3.05, 3.63) is 46.5 Å². The second kappa shape index (κ2) is 5.61. The van der Waals surface area contributed by atoms with E-state index in [-0.39, 0.29) is 0 Å². The van der Waals surface area contributed by atoms with Crippen molar-refractivity contribution in [2.24, 2.45) is 11.3 Å². The molecule has 0 unspecified atom stereocenters. The SMILES string of the molecule is COc1cc2c(cc1C(C)C)CC[C@@H]1C(=C2)C=CCC1(C)C. The molecular formula is C21H28O. The number of benzene rings is 1. The summed E-state index contributed by atoms with van der Waals surface area (Å²) in [6, 6.07) is 4.62. The number of methoxy groups -OCH3 is 1. The molecule has 0 saturated heterocycles. The van der Waals surface area contributed by atoms with Gasteiger partial charge in [0.25, 0.3) is 0 Å². The lowest BCUT2D eigenvalue weighted by Gasteiger charge is -2.37. The minimum atomic E-state index is 0.369. The maximum Gasteiger partial charge on any atom is 0.122 e. The topological polar surface area (TPSA) is 9.23 Å². The number of allylic oxidation sites excluding steroid dienone is 3. The molecule has 22 heavy (non-hydrogen) atoms. The number of ether oxygens (including phenoxy) is 1. The average molecular weight is 296 g/mol. The predicted molar refractivity (Wildman–Crippen MR) is 94.4 cm³/mol. The molecule has 1 aromatic rings. The zero-order valence-electron chi connectivity index (χ0n) is 14.6. The highest BCUT2D eigenvalue weighted by atomic mass is 16.5. The maximum atomic E-state index is 5.64. The lowest BCUT2D eigenvalue weighted by molar-refractivity contribution is 0.235. The second-order valence-electron chi connectivity index (χ2n) is 7.78. The van der Waals surface area contributed by atoms with Crippen molar-refractivity contribution >= 4 is 6.08 Å². The molecule has 0 heterocycles. The molecule has 1 atom stereocenters. The van der Waals surface area contributed by atoms with Gasteiger partial charge in [-0.15, -0.1) is 0 Å². The molecule has 2 aliphatic rings. The fourth-order valence-electron chi connectivity index (χ4n) is 4.03. The van der Waals surface area contributed by atoms with E-state index in [4.69, 9.17) is 4.74 Å². The Morgan fingerprint density at radius 1 is 1.23 bits per heavy atom. The Hall–Kier alpha value is -1.50. The van der Waals surface area contributed by atoms with Crippen LogP contribution in [0.4, 0.5) is 0 Å². The summed E-state index contributed by atoms with van der Waals surface area (Å²) in [6.07, 6.45) is 10.7. The summed E-state index contributed by atoms with van der Waals surface area (Å²) in [5.41, 5.74) is 6.03. The largest absolute Gasteiger partial charge is 0.496 e. The Morgan fingerprint density at radius 3 is 2.68 bits per heavy atom. The third-order valence-corrected chi connectivity index (χ3v) is 5.44. The van der Waals surface area contributed by atoms with E-state index in [0.717, 1.165) is 5.75 Å². The molecule has 118 valence electrons. The van der Waals surface area contributed by atoms with Gasteiger partial charge in [0, 0.05) is 0 Å². The first-order valence-electron chi connectivity index (χ1n) is 8.51. The zero-order chi connectivity index (χ0) is 15.9. The average Bonchev–Trinajstić information content (AvgIpc) is 2.64. The van der Waals surface area contributed by atoms with Gasteiger partial charge < -0.3 is 4.74 Å². The minimum Gasteiger partial charge on any atom is -0.496 e. The molecule has 0 N–H and O–H groups in total. The summed E-state index contributed by atoms with van der Waals surface area (Å²) >= 11 is 0. The first-order valence-corrected chi connectivity index (χ1v) is 8.51. The van der Waals surface area contributed by atoms with Crippen LogP contribution in [0.2, 0.25) is 0 Å². The van der Waals surface area contributed by atoms with Gasteiger partial charge in [-0.2, -0.15) is 0 Å². The van der Waals surface area contributed by atoms with E-state index >= 15 is 0 Å². The number of hydrogen-bond acceptors (Lipinski definition) is 1. The maximum absolute atomic E-state index is 5.64. The van der Waals surface area contributed by atoms with Crippen LogP contribution in [0.5, 0.6) is 5.75 Å². The van der Waals surface area contributed by atoms with Gasteiger partial charge in [0.05, 0.1) is 7.11 Å². The van der Waals surface area contributed by atoms with Crippen LogP contribution in [-0.4, -0.2) is 7.11 Å². The lowest BCUT2D eigenvalue weighted by atomic mass is 9.68. The summed E-state index contributed by atoms with van der Waals surface area (Å²) in [5.74, 6) is 2.19. The van der Waals surface area contributed by atoms with Crippen LogP contribution in [0, 0.1) is 11.3 Å². The van der Waals surface area contributed by atoms with Crippen LogP contribution in [0.25, 0.3) is 6.08 Å². The van der Waals surface area contributed by atoms with E-state index in [2.05, 4.69) is 58.1 Å². The molecule has 1 aromatic carbocycles. The van der Waals surface area contributed by atoms with E-state index in [0.29, 0.717) is 17.3 Å². The van der Waals surface area contributed by atoms with Crippen LogP contribution < -0.4 is 4.74 Å². The highest BCUT2D eigenvalue weighted by molar-refractivity contribution is 5.65. The standard InChI is InChI=1S/C21H28O/c1-14(2)18-12-15-8-9-19-16(7-6-10-21(19,3)4)11-17(15)13-20(18)22-5/h6-7,11-14,19H,8-10H2,1-5H3/t19-/m1/s1. The van der Waals surface area contributed by atoms with Gasteiger partial charge in [-0.25, -0.2) is 0 Å². The van der Waals surface area contributed by atoms with E-state index < -0.39 is 0 Å². The monoisotopic (exact) mass is 296 g/mol. The van der Waals surface area contributed by atoms with E-state index in [9.17, 15) is 0 Å².